The SMILES string of the molecule is CC(CN)c1c[nH]c2cc(F)ccc12. The van der Waals surface area contributed by atoms with Crippen LogP contribution in [0.25, 0.3) is 10.9 Å². The number of rotatable bonds is 2. The van der Waals surface area contributed by atoms with Crippen LogP contribution in [0, 0.1) is 5.82 Å². The van der Waals surface area contributed by atoms with E-state index in [1.807, 2.05) is 6.20 Å². The summed E-state index contributed by atoms with van der Waals surface area (Å²) in [7, 11) is 0. The first-order valence-corrected chi connectivity index (χ1v) is 4.69. The normalized spacial score (nSPS) is 13.4. The second-order valence-corrected chi connectivity index (χ2v) is 3.57. The van der Waals surface area contributed by atoms with E-state index in [1.54, 1.807) is 6.07 Å². The maximum Gasteiger partial charge on any atom is 0.125 e. The average Bonchev–Trinajstić information content (AvgIpc) is 2.59. The number of nitrogens with one attached hydrogen (secondary N) is 1. The van der Waals surface area contributed by atoms with E-state index in [4.69, 9.17) is 5.73 Å². The first-order chi connectivity index (χ1) is 6.72. The number of benzene rings is 1. The van der Waals surface area contributed by atoms with E-state index in [0.717, 1.165) is 16.5 Å². The topological polar surface area (TPSA) is 41.8 Å². The Balaban J connectivity index is 2.58. The van der Waals surface area contributed by atoms with Crippen LogP contribution in [0.5, 0.6) is 0 Å². The number of fused-ring (bicyclic) bond motifs is 1. The minimum Gasteiger partial charge on any atom is -0.361 e. The minimum atomic E-state index is -0.216. The van der Waals surface area contributed by atoms with Crippen molar-refractivity contribution >= 4 is 10.9 Å². The van der Waals surface area contributed by atoms with Crippen LogP contribution in [0.4, 0.5) is 4.39 Å². The summed E-state index contributed by atoms with van der Waals surface area (Å²) >= 11 is 0. The van der Waals surface area contributed by atoms with Crippen LogP contribution < -0.4 is 5.73 Å². The molecular formula is C11H13FN2. The molecule has 1 aromatic heterocycles. The van der Waals surface area contributed by atoms with E-state index in [1.165, 1.54) is 12.1 Å². The van der Waals surface area contributed by atoms with Crippen LogP contribution in [0.15, 0.2) is 24.4 Å². The van der Waals surface area contributed by atoms with Crippen LogP contribution in [0.3, 0.4) is 0 Å². The van der Waals surface area contributed by atoms with Crippen LogP contribution in [0.1, 0.15) is 18.4 Å². The highest BCUT2D eigenvalue weighted by molar-refractivity contribution is 5.83. The van der Waals surface area contributed by atoms with Crippen LogP contribution in [-0.4, -0.2) is 11.5 Å². The predicted octanol–water partition coefficient (Wildman–Crippen LogP) is 2.37. The fourth-order valence-corrected chi connectivity index (χ4v) is 1.66. The summed E-state index contributed by atoms with van der Waals surface area (Å²) in [5, 5.41) is 1.06. The molecule has 0 spiro atoms. The Hall–Kier alpha value is -1.35. The number of halogens is 1. The second-order valence-electron chi connectivity index (χ2n) is 3.57. The van der Waals surface area contributed by atoms with E-state index in [0.29, 0.717) is 12.5 Å². The molecule has 0 fully saturated rings. The molecule has 1 aromatic carbocycles. The molecule has 14 heavy (non-hydrogen) atoms. The summed E-state index contributed by atoms with van der Waals surface area (Å²) in [5.74, 6) is 0.0838. The fourth-order valence-electron chi connectivity index (χ4n) is 1.66. The third-order valence-electron chi connectivity index (χ3n) is 2.56. The van der Waals surface area contributed by atoms with Crippen molar-refractivity contribution in [2.24, 2.45) is 5.73 Å². The molecule has 0 amide bonds. The number of nitrogens with two attached hydrogens (primary N) is 1. The van der Waals surface area contributed by atoms with Gasteiger partial charge < -0.3 is 10.7 Å². The Bertz CT molecular complexity index is 447. The molecule has 2 aromatic rings. The minimum absolute atomic E-state index is 0.216. The van der Waals surface area contributed by atoms with Gasteiger partial charge in [0.15, 0.2) is 0 Å². The fraction of sp³-hybridized carbons (Fsp3) is 0.273. The Morgan fingerprint density at radius 3 is 3.00 bits per heavy atom. The zero-order chi connectivity index (χ0) is 10.1. The monoisotopic (exact) mass is 192 g/mol. The third kappa shape index (κ3) is 1.40. The molecule has 0 bridgehead atoms. The molecule has 74 valence electrons. The lowest BCUT2D eigenvalue weighted by atomic mass is 10.0. The van der Waals surface area contributed by atoms with Gasteiger partial charge in [0.25, 0.3) is 0 Å². The highest BCUT2D eigenvalue weighted by Gasteiger charge is 2.09. The number of hydrogen-bond donors (Lipinski definition) is 2. The maximum atomic E-state index is 12.9. The molecule has 0 saturated carbocycles. The summed E-state index contributed by atoms with van der Waals surface area (Å²) < 4.78 is 12.9. The molecule has 0 radical (unpaired) electrons. The number of aromatic nitrogens is 1. The van der Waals surface area contributed by atoms with Crippen LogP contribution in [-0.2, 0) is 0 Å². The van der Waals surface area contributed by atoms with Crippen molar-refractivity contribution in [3.8, 4) is 0 Å². The van der Waals surface area contributed by atoms with E-state index in [-0.39, 0.29) is 5.82 Å². The first-order valence-electron chi connectivity index (χ1n) is 4.69. The first kappa shape index (κ1) is 9.21. The largest absolute Gasteiger partial charge is 0.361 e. The number of H-pyrrole nitrogens is 1. The van der Waals surface area contributed by atoms with E-state index in [2.05, 4.69) is 11.9 Å². The molecule has 0 saturated heterocycles. The lowest BCUT2D eigenvalue weighted by Crippen LogP contribution is -2.08. The van der Waals surface area contributed by atoms with Gasteiger partial charge in [-0.1, -0.05) is 6.92 Å². The molecule has 1 unspecified atom stereocenters. The summed E-state index contributed by atoms with van der Waals surface area (Å²) in [6, 6.07) is 4.77. The van der Waals surface area contributed by atoms with Gasteiger partial charge in [-0.3, -0.25) is 0 Å². The molecule has 2 rings (SSSR count). The van der Waals surface area contributed by atoms with Gasteiger partial charge in [-0.15, -0.1) is 0 Å². The summed E-state index contributed by atoms with van der Waals surface area (Å²) in [6.45, 7) is 2.66. The van der Waals surface area contributed by atoms with Gasteiger partial charge in [0.05, 0.1) is 0 Å². The van der Waals surface area contributed by atoms with Gasteiger partial charge in [0.2, 0.25) is 0 Å². The zero-order valence-electron chi connectivity index (χ0n) is 8.05. The van der Waals surface area contributed by atoms with E-state index >= 15 is 0 Å². The molecule has 2 nitrogen and oxygen atoms in total. The molecule has 3 N–H and O–H groups in total. The quantitative estimate of drug-likeness (QED) is 0.753. The predicted molar refractivity (Wildman–Crippen MR) is 55.7 cm³/mol. The van der Waals surface area contributed by atoms with Gasteiger partial charge in [-0.25, -0.2) is 4.39 Å². The average molecular weight is 192 g/mol. The molecule has 1 heterocycles. The van der Waals surface area contributed by atoms with Crippen molar-refractivity contribution in [3.63, 3.8) is 0 Å². The summed E-state index contributed by atoms with van der Waals surface area (Å²) in [4.78, 5) is 3.05. The maximum absolute atomic E-state index is 12.9. The Morgan fingerprint density at radius 1 is 1.50 bits per heavy atom. The Morgan fingerprint density at radius 2 is 2.29 bits per heavy atom. The third-order valence-corrected chi connectivity index (χ3v) is 2.56. The van der Waals surface area contributed by atoms with Gasteiger partial charge in [-0.2, -0.15) is 0 Å². The van der Waals surface area contributed by atoms with Crippen molar-refractivity contribution in [2.45, 2.75) is 12.8 Å². The second kappa shape index (κ2) is 3.42. The van der Waals surface area contributed by atoms with Gasteiger partial charge >= 0.3 is 0 Å². The highest BCUT2D eigenvalue weighted by atomic mass is 19.1. The van der Waals surface area contributed by atoms with E-state index < -0.39 is 0 Å². The van der Waals surface area contributed by atoms with Crippen LogP contribution in [0.2, 0.25) is 0 Å². The van der Waals surface area contributed by atoms with Crippen molar-refractivity contribution in [1.82, 2.24) is 4.98 Å². The smallest absolute Gasteiger partial charge is 0.125 e. The van der Waals surface area contributed by atoms with Gasteiger partial charge in [-0.05, 0) is 36.2 Å². The van der Waals surface area contributed by atoms with Crippen molar-refractivity contribution in [3.05, 3.63) is 35.8 Å². The number of aromatic amines is 1. The Kier molecular flexibility index (Phi) is 2.25. The summed E-state index contributed by atoms with van der Waals surface area (Å²) in [6.07, 6.45) is 1.90. The van der Waals surface area contributed by atoms with Crippen molar-refractivity contribution in [1.29, 1.82) is 0 Å². The van der Waals surface area contributed by atoms with Crippen molar-refractivity contribution in [2.75, 3.05) is 6.54 Å². The Labute approximate surface area is 81.9 Å². The molecule has 1 atom stereocenters. The standard InChI is InChI=1S/C11H13FN2/c1-7(5-13)10-6-14-11-4-8(12)2-3-9(10)11/h2-4,6-7,14H,5,13H2,1H3. The molecule has 0 aliphatic rings. The lowest BCUT2D eigenvalue weighted by Gasteiger charge is -2.05. The summed E-state index contributed by atoms with van der Waals surface area (Å²) in [5.41, 5.74) is 7.58. The van der Waals surface area contributed by atoms with Crippen molar-refractivity contribution < 1.29 is 4.39 Å². The van der Waals surface area contributed by atoms with Gasteiger partial charge in [0, 0.05) is 17.1 Å². The molecule has 3 heteroatoms. The van der Waals surface area contributed by atoms with E-state index in [9.17, 15) is 4.39 Å². The molecule has 0 aliphatic heterocycles. The zero-order valence-corrected chi connectivity index (χ0v) is 8.05. The lowest BCUT2D eigenvalue weighted by molar-refractivity contribution is 0.629. The highest BCUT2D eigenvalue weighted by Crippen LogP contribution is 2.25. The molecular weight excluding hydrogens is 179 g/mol. The molecule has 0 aliphatic carbocycles. The number of hydrogen-bond acceptors (Lipinski definition) is 1. The van der Waals surface area contributed by atoms with Gasteiger partial charge in [0.1, 0.15) is 5.82 Å². The van der Waals surface area contributed by atoms with Crippen LogP contribution >= 0.6 is 0 Å².